The molecule has 0 saturated carbocycles. The van der Waals surface area contributed by atoms with Crippen molar-refractivity contribution in [2.24, 2.45) is 5.73 Å². The third kappa shape index (κ3) is 3.74. The molecule has 0 bridgehead atoms. The second-order valence-electron chi connectivity index (χ2n) is 3.49. The first kappa shape index (κ1) is 14.0. The van der Waals surface area contributed by atoms with Gasteiger partial charge in [0, 0.05) is 12.7 Å². The van der Waals surface area contributed by atoms with E-state index < -0.39 is 5.91 Å². The van der Waals surface area contributed by atoms with Gasteiger partial charge in [0.1, 0.15) is 13.2 Å². The fourth-order valence-electron chi connectivity index (χ4n) is 1.30. The van der Waals surface area contributed by atoms with Gasteiger partial charge in [0.05, 0.1) is 7.11 Å². The molecule has 0 radical (unpaired) electrons. The number of hydrogen-bond donors (Lipinski definition) is 1. The van der Waals surface area contributed by atoms with Crippen LogP contribution in [0.2, 0.25) is 0 Å². The molecule has 2 N–H and O–H groups in total. The number of ether oxygens (including phenoxy) is 3. The van der Waals surface area contributed by atoms with Gasteiger partial charge in [0.25, 0.3) is 0 Å². The smallest absolute Gasteiger partial charge is 0.248 e. The lowest BCUT2D eigenvalue weighted by molar-refractivity contribution is -0.124. The summed E-state index contributed by atoms with van der Waals surface area (Å²) < 4.78 is 15.0. The molecule has 0 atom stereocenters. The van der Waals surface area contributed by atoms with Crippen molar-refractivity contribution in [2.75, 3.05) is 27.4 Å². The van der Waals surface area contributed by atoms with Crippen LogP contribution in [0.4, 0.5) is 0 Å². The number of rotatable bonds is 7. The SMILES string of the molecule is COCC(=O)COc1ccc(C(N)=O)cc1OC. The van der Waals surface area contributed by atoms with Crippen LogP contribution >= 0.6 is 0 Å². The van der Waals surface area contributed by atoms with Crippen LogP contribution in [0.15, 0.2) is 18.2 Å². The molecule has 0 aromatic heterocycles. The molecule has 1 aromatic carbocycles. The van der Waals surface area contributed by atoms with Gasteiger partial charge in [-0.05, 0) is 18.2 Å². The molecule has 0 aliphatic rings. The fraction of sp³-hybridized carbons (Fsp3) is 0.333. The number of carbonyl (C=O) groups is 2. The Balaban J connectivity index is 2.76. The Morgan fingerprint density at radius 3 is 2.44 bits per heavy atom. The Labute approximate surface area is 105 Å². The van der Waals surface area contributed by atoms with Crippen molar-refractivity contribution in [3.05, 3.63) is 23.8 Å². The molecular weight excluding hydrogens is 238 g/mol. The Hall–Kier alpha value is -2.08. The molecule has 0 aliphatic heterocycles. The zero-order valence-corrected chi connectivity index (χ0v) is 10.3. The number of hydrogen-bond acceptors (Lipinski definition) is 5. The average molecular weight is 253 g/mol. The Kier molecular flexibility index (Phi) is 5.13. The van der Waals surface area contributed by atoms with Gasteiger partial charge in [0.15, 0.2) is 17.3 Å². The van der Waals surface area contributed by atoms with E-state index in [1.165, 1.54) is 32.4 Å². The molecule has 6 heteroatoms. The number of methoxy groups -OCH3 is 2. The highest BCUT2D eigenvalue weighted by Crippen LogP contribution is 2.27. The minimum atomic E-state index is -0.560. The van der Waals surface area contributed by atoms with Crippen molar-refractivity contribution in [2.45, 2.75) is 0 Å². The van der Waals surface area contributed by atoms with Crippen LogP contribution in [0, 0.1) is 0 Å². The summed E-state index contributed by atoms with van der Waals surface area (Å²) in [5.74, 6) is -0.0442. The Bertz CT molecular complexity index is 444. The van der Waals surface area contributed by atoms with E-state index in [9.17, 15) is 9.59 Å². The van der Waals surface area contributed by atoms with E-state index in [0.717, 1.165) is 0 Å². The first-order valence-electron chi connectivity index (χ1n) is 5.19. The molecule has 98 valence electrons. The summed E-state index contributed by atoms with van der Waals surface area (Å²) in [6.45, 7) is -0.137. The minimum Gasteiger partial charge on any atom is -0.493 e. The first-order valence-corrected chi connectivity index (χ1v) is 5.19. The third-order valence-electron chi connectivity index (χ3n) is 2.14. The number of benzene rings is 1. The van der Waals surface area contributed by atoms with Crippen LogP contribution in [-0.4, -0.2) is 39.1 Å². The maximum atomic E-state index is 11.2. The molecule has 0 heterocycles. The standard InChI is InChI=1S/C12H15NO5/c1-16-6-9(14)7-18-10-4-3-8(12(13)15)5-11(10)17-2/h3-5H,6-7H2,1-2H3,(H2,13,15). The second-order valence-corrected chi connectivity index (χ2v) is 3.49. The molecule has 0 aliphatic carbocycles. The van der Waals surface area contributed by atoms with Gasteiger partial charge in [-0.2, -0.15) is 0 Å². The highest BCUT2D eigenvalue weighted by Gasteiger charge is 2.10. The van der Waals surface area contributed by atoms with Crippen molar-refractivity contribution in [3.63, 3.8) is 0 Å². The van der Waals surface area contributed by atoms with Gasteiger partial charge in [-0.1, -0.05) is 0 Å². The molecule has 1 rings (SSSR count). The normalized spacial score (nSPS) is 9.89. The predicted octanol–water partition coefficient (Wildman–Crippen LogP) is 0.388. The lowest BCUT2D eigenvalue weighted by Gasteiger charge is -2.10. The minimum absolute atomic E-state index is 0.0122. The number of amides is 1. The van der Waals surface area contributed by atoms with E-state index in [0.29, 0.717) is 17.1 Å². The first-order chi connectivity index (χ1) is 8.58. The molecule has 0 unspecified atom stereocenters. The quantitative estimate of drug-likeness (QED) is 0.759. The fourth-order valence-corrected chi connectivity index (χ4v) is 1.30. The van der Waals surface area contributed by atoms with Gasteiger partial charge in [-0.25, -0.2) is 0 Å². The summed E-state index contributed by atoms with van der Waals surface area (Å²) in [7, 11) is 2.87. The van der Waals surface area contributed by atoms with Crippen LogP contribution in [0.1, 0.15) is 10.4 Å². The lowest BCUT2D eigenvalue weighted by Crippen LogP contribution is -2.17. The van der Waals surface area contributed by atoms with Crippen molar-refractivity contribution in [1.82, 2.24) is 0 Å². The summed E-state index contributed by atoms with van der Waals surface area (Å²) in [4.78, 5) is 22.2. The Morgan fingerprint density at radius 2 is 1.89 bits per heavy atom. The average Bonchev–Trinajstić information content (AvgIpc) is 2.36. The maximum Gasteiger partial charge on any atom is 0.248 e. The number of Topliss-reactive ketones (excluding diaryl/α,β-unsaturated/α-hetero) is 1. The van der Waals surface area contributed by atoms with E-state index in [2.05, 4.69) is 4.74 Å². The van der Waals surface area contributed by atoms with E-state index in [1.54, 1.807) is 0 Å². The summed E-state index contributed by atoms with van der Waals surface area (Å²) >= 11 is 0. The van der Waals surface area contributed by atoms with Gasteiger partial charge >= 0.3 is 0 Å². The summed E-state index contributed by atoms with van der Waals surface area (Å²) in [5.41, 5.74) is 5.45. The molecule has 1 aromatic rings. The zero-order chi connectivity index (χ0) is 13.5. The molecule has 0 spiro atoms. The van der Waals surface area contributed by atoms with Crippen LogP contribution < -0.4 is 15.2 Å². The van der Waals surface area contributed by atoms with E-state index in [-0.39, 0.29) is 19.0 Å². The second kappa shape index (κ2) is 6.61. The third-order valence-corrected chi connectivity index (χ3v) is 2.14. The number of nitrogens with two attached hydrogens (primary N) is 1. The molecule has 1 amide bonds. The highest BCUT2D eigenvalue weighted by atomic mass is 16.5. The Morgan fingerprint density at radius 1 is 1.17 bits per heavy atom. The van der Waals surface area contributed by atoms with Crippen molar-refractivity contribution >= 4 is 11.7 Å². The monoisotopic (exact) mass is 253 g/mol. The summed E-state index contributed by atoms with van der Waals surface area (Å²) in [6.07, 6.45) is 0. The van der Waals surface area contributed by atoms with Gasteiger partial charge in [0.2, 0.25) is 5.91 Å². The highest BCUT2D eigenvalue weighted by molar-refractivity contribution is 5.93. The van der Waals surface area contributed by atoms with Crippen LogP contribution in [0.25, 0.3) is 0 Å². The van der Waals surface area contributed by atoms with Gasteiger partial charge in [-0.3, -0.25) is 9.59 Å². The van der Waals surface area contributed by atoms with Crippen LogP contribution in [0.5, 0.6) is 11.5 Å². The lowest BCUT2D eigenvalue weighted by atomic mass is 10.2. The topological polar surface area (TPSA) is 87.9 Å². The van der Waals surface area contributed by atoms with Crippen molar-refractivity contribution < 1.29 is 23.8 Å². The van der Waals surface area contributed by atoms with Crippen molar-refractivity contribution in [3.8, 4) is 11.5 Å². The number of primary amides is 1. The molecular formula is C12H15NO5. The van der Waals surface area contributed by atoms with Crippen LogP contribution in [0.3, 0.4) is 0 Å². The van der Waals surface area contributed by atoms with E-state index in [1.807, 2.05) is 0 Å². The summed E-state index contributed by atoms with van der Waals surface area (Å²) in [6, 6.07) is 4.48. The molecule has 0 fully saturated rings. The predicted molar refractivity (Wildman–Crippen MR) is 63.9 cm³/mol. The molecule has 18 heavy (non-hydrogen) atoms. The number of carbonyl (C=O) groups excluding carboxylic acids is 2. The largest absolute Gasteiger partial charge is 0.493 e. The van der Waals surface area contributed by atoms with Gasteiger partial charge in [-0.15, -0.1) is 0 Å². The van der Waals surface area contributed by atoms with Crippen molar-refractivity contribution in [1.29, 1.82) is 0 Å². The van der Waals surface area contributed by atoms with E-state index >= 15 is 0 Å². The van der Waals surface area contributed by atoms with E-state index in [4.69, 9.17) is 15.2 Å². The summed E-state index contributed by atoms with van der Waals surface area (Å²) in [5, 5.41) is 0. The van der Waals surface area contributed by atoms with Gasteiger partial charge < -0.3 is 19.9 Å². The maximum absolute atomic E-state index is 11.2. The van der Waals surface area contributed by atoms with Crippen LogP contribution in [-0.2, 0) is 9.53 Å². The molecule has 6 nitrogen and oxygen atoms in total. The number of ketones is 1. The zero-order valence-electron chi connectivity index (χ0n) is 10.3. The molecule has 0 saturated heterocycles.